The molecule has 1 aromatic heterocycles. The van der Waals surface area contributed by atoms with Crippen LogP contribution < -0.4 is 0 Å². The molecule has 1 amide bonds. The van der Waals surface area contributed by atoms with Gasteiger partial charge in [-0.1, -0.05) is 59.8 Å². The Balaban J connectivity index is 1.68. The Hall–Kier alpha value is -2.64. The summed E-state index contributed by atoms with van der Waals surface area (Å²) in [6.07, 6.45) is 0. The summed E-state index contributed by atoms with van der Waals surface area (Å²) in [6.45, 7) is 6.38. The number of carbonyl (C=O) groups excluding carboxylic acids is 1. The summed E-state index contributed by atoms with van der Waals surface area (Å²) >= 11 is 1.45. The van der Waals surface area contributed by atoms with Crippen LogP contribution in [0.1, 0.15) is 22.2 Å². The normalized spacial score (nSPS) is 15.3. The second-order valence-corrected chi connectivity index (χ2v) is 8.12. The van der Waals surface area contributed by atoms with Crippen molar-refractivity contribution in [3.05, 3.63) is 71.5 Å². The molecule has 0 saturated carbocycles. The number of nitrogens with zero attached hydrogens (tertiary/aromatic N) is 4. The van der Waals surface area contributed by atoms with Crippen LogP contribution in [0.25, 0.3) is 5.69 Å². The van der Waals surface area contributed by atoms with Crippen molar-refractivity contribution in [2.24, 2.45) is 0 Å². The first kappa shape index (κ1) is 19.7. The zero-order valence-electron chi connectivity index (χ0n) is 16.6. The smallest absolute Gasteiger partial charge is 0.240 e. The maximum absolute atomic E-state index is 13.4. The van der Waals surface area contributed by atoms with Gasteiger partial charge in [0.15, 0.2) is 5.16 Å². The van der Waals surface area contributed by atoms with E-state index in [1.165, 1.54) is 17.3 Å². The van der Waals surface area contributed by atoms with Crippen molar-refractivity contribution in [1.29, 1.82) is 0 Å². The fourth-order valence-electron chi connectivity index (χ4n) is 3.35. The molecule has 0 spiro atoms. The highest BCUT2D eigenvalue weighted by Crippen LogP contribution is 2.37. The van der Waals surface area contributed by atoms with Crippen LogP contribution in [0.2, 0.25) is 0 Å². The van der Waals surface area contributed by atoms with Gasteiger partial charge in [-0.25, -0.2) is 0 Å². The van der Waals surface area contributed by atoms with Gasteiger partial charge in [0.2, 0.25) is 5.91 Å². The summed E-state index contributed by atoms with van der Waals surface area (Å²) < 4.78 is 7.42. The average molecular weight is 409 g/mol. The molecule has 1 aliphatic heterocycles. The summed E-state index contributed by atoms with van der Waals surface area (Å²) in [4.78, 5) is 15.3. The summed E-state index contributed by atoms with van der Waals surface area (Å²) in [5, 5.41) is 8.99. The highest BCUT2D eigenvalue weighted by Gasteiger charge is 2.30. The van der Waals surface area contributed by atoms with Gasteiger partial charge in [-0.15, -0.1) is 10.2 Å². The predicted octanol–water partition coefficient (Wildman–Crippen LogP) is 3.58. The molecule has 2 heterocycles. The zero-order valence-corrected chi connectivity index (χ0v) is 17.4. The quantitative estimate of drug-likeness (QED) is 0.604. The van der Waals surface area contributed by atoms with Crippen molar-refractivity contribution in [3.8, 4) is 5.69 Å². The molecule has 0 aliphatic carbocycles. The number of ether oxygens (including phenoxy) is 1. The lowest BCUT2D eigenvalue weighted by Crippen LogP contribution is -2.42. The Kier molecular flexibility index (Phi) is 5.97. The number of aryl methyl sites for hydroxylation is 2. The van der Waals surface area contributed by atoms with Gasteiger partial charge in [0, 0.05) is 18.8 Å². The largest absolute Gasteiger partial charge is 0.378 e. The first-order chi connectivity index (χ1) is 14.1. The number of thioether (sulfide) groups is 1. The van der Waals surface area contributed by atoms with Crippen LogP contribution in [0.5, 0.6) is 0 Å². The molecular formula is C22H24N4O2S. The third-order valence-electron chi connectivity index (χ3n) is 4.96. The number of aromatic nitrogens is 3. The molecule has 2 aromatic carbocycles. The molecule has 1 fully saturated rings. The average Bonchev–Trinajstić information content (AvgIpc) is 3.13. The lowest BCUT2D eigenvalue weighted by atomic mass is 10.1. The summed E-state index contributed by atoms with van der Waals surface area (Å²) in [5.74, 6) is 0.877. The Morgan fingerprint density at radius 1 is 1.00 bits per heavy atom. The van der Waals surface area contributed by atoms with Crippen LogP contribution in [-0.2, 0) is 9.53 Å². The first-order valence-electron chi connectivity index (χ1n) is 9.70. The minimum absolute atomic E-state index is 0.0839. The fourth-order valence-corrected chi connectivity index (χ4v) is 4.54. The predicted molar refractivity (Wildman–Crippen MR) is 113 cm³/mol. The molecule has 6 nitrogen and oxygen atoms in total. The lowest BCUT2D eigenvalue weighted by molar-refractivity contribution is -0.134. The number of amides is 1. The molecule has 29 heavy (non-hydrogen) atoms. The van der Waals surface area contributed by atoms with E-state index < -0.39 is 0 Å². The Labute approximate surface area is 174 Å². The van der Waals surface area contributed by atoms with E-state index in [2.05, 4.69) is 41.4 Å². The summed E-state index contributed by atoms with van der Waals surface area (Å²) in [7, 11) is 0. The number of rotatable bonds is 5. The molecular weight excluding hydrogens is 384 g/mol. The van der Waals surface area contributed by atoms with Crippen molar-refractivity contribution in [1.82, 2.24) is 19.7 Å². The van der Waals surface area contributed by atoms with Crippen molar-refractivity contribution in [3.63, 3.8) is 0 Å². The standard InChI is InChI=1S/C22H24N4O2S/c1-16-8-10-19(11-9-16)26-17(2)23-24-22(26)29-20(18-6-4-3-5-7-18)21(27)25-12-14-28-15-13-25/h3-11,20H,12-15H2,1-2H3. The van der Waals surface area contributed by atoms with Gasteiger partial charge in [0.1, 0.15) is 11.1 Å². The molecule has 0 bridgehead atoms. The molecule has 150 valence electrons. The number of benzene rings is 2. The van der Waals surface area contributed by atoms with Gasteiger partial charge in [-0.3, -0.25) is 9.36 Å². The maximum atomic E-state index is 13.4. The van der Waals surface area contributed by atoms with E-state index in [1.54, 1.807) is 0 Å². The van der Waals surface area contributed by atoms with E-state index in [9.17, 15) is 4.79 Å². The van der Waals surface area contributed by atoms with Crippen LogP contribution in [0.15, 0.2) is 59.8 Å². The number of morpholine rings is 1. The summed E-state index contributed by atoms with van der Waals surface area (Å²) in [6, 6.07) is 18.1. The Morgan fingerprint density at radius 2 is 1.69 bits per heavy atom. The SMILES string of the molecule is Cc1ccc(-n2c(C)nnc2SC(C(=O)N2CCOCC2)c2ccccc2)cc1. The van der Waals surface area contributed by atoms with Crippen LogP contribution >= 0.6 is 11.8 Å². The second-order valence-electron chi connectivity index (χ2n) is 7.05. The Morgan fingerprint density at radius 3 is 2.38 bits per heavy atom. The van der Waals surface area contributed by atoms with Crippen molar-refractivity contribution < 1.29 is 9.53 Å². The molecule has 1 unspecified atom stereocenters. The van der Waals surface area contributed by atoms with Crippen molar-refractivity contribution in [2.75, 3.05) is 26.3 Å². The van der Waals surface area contributed by atoms with Gasteiger partial charge >= 0.3 is 0 Å². The van der Waals surface area contributed by atoms with E-state index in [0.717, 1.165) is 17.1 Å². The topological polar surface area (TPSA) is 60.2 Å². The van der Waals surface area contributed by atoms with Crippen LogP contribution in [-0.4, -0.2) is 51.9 Å². The van der Waals surface area contributed by atoms with E-state index in [1.807, 2.05) is 46.7 Å². The molecule has 1 saturated heterocycles. The zero-order chi connectivity index (χ0) is 20.2. The molecule has 0 radical (unpaired) electrons. The van der Waals surface area contributed by atoms with Gasteiger partial charge in [0.05, 0.1) is 13.2 Å². The van der Waals surface area contributed by atoms with Gasteiger partial charge in [0.25, 0.3) is 0 Å². The van der Waals surface area contributed by atoms with Gasteiger partial charge in [-0.05, 0) is 31.5 Å². The third-order valence-corrected chi connectivity index (χ3v) is 6.14. The van der Waals surface area contributed by atoms with Crippen LogP contribution in [0.3, 0.4) is 0 Å². The lowest BCUT2D eigenvalue weighted by Gasteiger charge is -2.30. The number of hydrogen-bond acceptors (Lipinski definition) is 5. The molecule has 4 rings (SSSR count). The van der Waals surface area contributed by atoms with E-state index in [-0.39, 0.29) is 11.2 Å². The molecule has 1 atom stereocenters. The monoisotopic (exact) mass is 408 g/mol. The molecule has 3 aromatic rings. The third kappa shape index (κ3) is 4.36. The number of carbonyl (C=O) groups is 1. The molecule has 1 aliphatic rings. The van der Waals surface area contributed by atoms with Gasteiger partial charge in [-0.2, -0.15) is 0 Å². The Bertz CT molecular complexity index is 966. The maximum Gasteiger partial charge on any atom is 0.240 e. The van der Waals surface area contributed by atoms with E-state index >= 15 is 0 Å². The minimum atomic E-state index is -0.387. The minimum Gasteiger partial charge on any atom is -0.378 e. The van der Waals surface area contributed by atoms with E-state index in [4.69, 9.17) is 4.74 Å². The fraction of sp³-hybridized carbons (Fsp3) is 0.318. The molecule has 0 N–H and O–H groups in total. The van der Waals surface area contributed by atoms with E-state index in [0.29, 0.717) is 31.5 Å². The van der Waals surface area contributed by atoms with Crippen molar-refractivity contribution >= 4 is 17.7 Å². The summed E-state index contributed by atoms with van der Waals surface area (Å²) in [5.41, 5.74) is 3.15. The van der Waals surface area contributed by atoms with Crippen LogP contribution in [0.4, 0.5) is 0 Å². The van der Waals surface area contributed by atoms with Crippen molar-refractivity contribution in [2.45, 2.75) is 24.3 Å². The van der Waals surface area contributed by atoms with Crippen LogP contribution in [0, 0.1) is 13.8 Å². The highest BCUT2D eigenvalue weighted by atomic mass is 32.2. The highest BCUT2D eigenvalue weighted by molar-refractivity contribution is 8.00. The second kappa shape index (κ2) is 8.80. The van der Waals surface area contributed by atoms with Gasteiger partial charge < -0.3 is 9.64 Å². The molecule has 7 heteroatoms. The first-order valence-corrected chi connectivity index (χ1v) is 10.6. The number of hydrogen-bond donors (Lipinski definition) is 0.